The highest BCUT2D eigenvalue weighted by Crippen LogP contribution is 2.18. The number of rotatable bonds is 7. The summed E-state index contributed by atoms with van der Waals surface area (Å²) >= 11 is 0. The zero-order chi connectivity index (χ0) is 11.2. The van der Waals surface area contributed by atoms with Crippen LogP contribution in [0.1, 0.15) is 32.1 Å². The van der Waals surface area contributed by atoms with Crippen LogP contribution in [-0.2, 0) is 9.53 Å². The Kier molecular flexibility index (Phi) is 4.60. The monoisotopic (exact) mass is 226 g/mol. The largest absolute Gasteiger partial charge is 0.381 e. The first-order valence-corrected chi connectivity index (χ1v) is 6.42. The van der Waals surface area contributed by atoms with Crippen LogP contribution in [0.15, 0.2) is 0 Å². The lowest BCUT2D eigenvalue weighted by Gasteiger charge is -2.08. The summed E-state index contributed by atoms with van der Waals surface area (Å²) in [7, 11) is 0. The highest BCUT2D eigenvalue weighted by atomic mass is 16.5. The van der Waals surface area contributed by atoms with Gasteiger partial charge in [0.25, 0.3) is 0 Å². The van der Waals surface area contributed by atoms with Gasteiger partial charge in [0.05, 0.1) is 6.61 Å². The number of ether oxygens (including phenoxy) is 1. The van der Waals surface area contributed by atoms with Crippen molar-refractivity contribution in [1.82, 2.24) is 10.6 Å². The molecule has 1 heterocycles. The standard InChI is InChI=1S/C12H22N2O2/c15-12(14-11-1-2-11)5-8-16-7-4-10-3-6-13-9-10/h10-11,13H,1-9H2,(H,14,15). The molecular weight excluding hydrogens is 204 g/mol. The van der Waals surface area contributed by atoms with E-state index in [2.05, 4.69) is 10.6 Å². The molecule has 1 aliphatic heterocycles. The second-order valence-corrected chi connectivity index (χ2v) is 4.85. The third-order valence-electron chi connectivity index (χ3n) is 3.25. The molecule has 0 aromatic heterocycles. The van der Waals surface area contributed by atoms with Crippen molar-refractivity contribution in [3.05, 3.63) is 0 Å². The first-order valence-electron chi connectivity index (χ1n) is 6.42. The summed E-state index contributed by atoms with van der Waals surface area (Å²) in [5.74, 6) is 0.922. The molecule has 4 nitrogen and oxygen atoms in total. The Bertz CT molecular complexity index is 223. The molecule has 0 radical (unpaired) electrons. The zero-order valence-corrected chi connectivity index (χ0v) is 9.84. The molecule has 1 amide bonds. The molecule has 92 valence electrons. The van der Waals surface area contributed by atoms with Crippen LogP contribution in [0.4, 0.5) is 0 Å². The summed E-state index contributed by atoms with van der Waals surface area (Å²) in [6.45, 7) is 3.64. The third-order valence-corrected chi connectivity index (χ3v) is 3.25. The molecule has 2 N–H and O–H groups in total. The molecule has 16 heavy (non-hydrogen) atoms. The van der Waals surface area contributed by atoms with E-state index in [1.807, 2.05) is 0 Å². The van der Waals surface area contributed by atoms with Crippen molar-refractivity contribution in [2.24, 2.45) is 5.92 Å². The van der Waals surface area contributed by atoms with Crippen LogP contribution in [-0.4, -0.2) is 38.3 Å². The van der Waals surface area contributed by atoms with E-state index in [9.17, 15) is 4.79 Å². The van der Waals surface area contributed by atoms with E-state index in [0.29, 0.717) is 19.1 Å². The molecule has 4 heteroatoms. The molecule has 1 atom stereocenters. The maximum atomic E-state index is 11.3. The second kappa shape index (κ2) is 6.21. The van der Waals surface area contributed by atoms with Crippen LogP contribution in [0.25, 0.3) is 0 Å². The van der Waals surface area contributed by atoms with Gasteiger partial charge in [-0.3, -0.25) is 4.79 Å². The van der Waals surface area contributed by atoms with Gasteiger partial charge in [-0.15, -0.1) is 0 Å². The number of nitrogens with one attached hydrogen (secondary N) is 2. The van der Waals surface area contributed by atoms with E-state index in [1.165, 1.54) is 6.42 Å². The predicted octanol–water partition coefficient (Wildman–Crippen LogP) is 0.671. The van der Waals surface area contributed by atoms with Crippen molar-refractivity contribution in [3.8, 4) is 0 Å². The van der Waals surface area contributed by atoms with Gasteiger partial charge in [-0.05, 0) is 44.7 Å². The van der Waals surface area contributed by atoms with Gasteiger partial charge in [-0.25, -0.2) is 0 Å². The van der Waals surface area contributed by atoms with Crippen LogP contribution in [0.5, 0.6) is 0 Å². The Morgan fingerprint density at radius 1 is 1.31 bits per heavy atom. The van der Waals surface area contributed by atoms with Crippen LogP contribution in [0.2, 0.25) is 0 Å². The summed E-state index contributed by atoms with van der Waals surface area (Å²) in [5, 5.41) is 6.30. The third kappa shape index (κ3) is 4.49. The van der Waals surface area contributed by atoms with Crippen molar-refractivity contribution in [2.45, 2.75) is 38.1 Å². The molecule has 0 aromatic rings. The fourth-order valence-electron chi connectivity index (χ4n) is 2.01. The molecule has 1 unspecified atom stereocenters. The molecule has 1 saturated carbocycles. The Morgan fingerprint density at radius 2 is 2.19 bits per heavy atom. The van der Waals surface area contributed by atoms with E-state index >= 15 is 0 Å². The first-order chi connectivity index (χ1) is 7.84. The first kappa shape index (κ1) is 11.9. The van der Waals surface area contributed by atoms with Crippen molar-refractivity contribution >= 4 is 5.91 Å². The molecule has 0 spiro atoms. The van der Waals surface area contributed by atoms with Gasteiger partial charge in [0.2, 0.25) is 5.91 Å². The topological polar surface area (TPSA) is 50.4 Å². The summed E-state index contributed by atoms with van der Waals surface area (Å²) < 4.78 is 5.48. The minimum Gasteiger partial charge on any atom is -0.381 e. The lowest BCUT2D eigenvalue weighted by atomic mass is 10.1. The minimum absolute atomic E-state index is 0.144. The quantitative estimate of drug-likeness (QED) is 0.627. The molecule has 2 fully saturated rings. The van der Waals surface area contributed by atoms with Crippen molar-refractivity contribution in [2.75, 3.05) is 26.3 Å². The number of carbonyl (C=O) groups is 1. The molecule has 2 aliphatic rings. The Hall–Kier alpha value is -0.610. The molecule has 2 rings (SSSR count). The van der Waals surface area contributed by atoms with Gasteiger partial charge in [-0.1, -0.05) is 0 Å². The van der Waals surface area contributed by atoms with Gasteiger partial charge in [0, 0.05) is 19.1 Å². The van der Waals surface area contributed by atoms with Crippen LogP contribution >= 0.6 is 0 Å². The average molecular weight is 226 g/mol. The summed E-state index contributed by atoms with van der Waals surface area (Å²) in [4.78, 5) is 11.3. The van der Waals surface area contributed by atoms with Gasteiger partial charge >= 0.3 is 0 Å². The van der Waals surface area contributed by atoms with Gasteiger partial charge in [0.1, 0.15) is 0 Å². The van der Waals surface area contributed by atoms with Crippen LogP contribution < -0.4 is 10.6 Å². The Labute approximate surface area is 97.1 Å². The smallest absolute Gasteiger partial charge is 0.222 e. The normalized spacial score (nSPS) is 24.6. The number of amides is 1. The zero-order valence-electron chi connectivity index (χ0n) is 9.84. The van der Waals surface area contributed by atoms with Crippen molar-refractivity contribution in [1.29, 1.82) is 0 Å². The van der Waals surface area contributed by atoms with E-state index in [4.69, 9.17) is 4.74 Å². The maximum absolute atomic E-state index is 11.3. The highest BCUT2D eigenvalue weighted by Gasteiger charge is 2.22. The fourth-order valence-corrected chi connectivity index (χ4v) is 2.01. The maximum Gasteiger partial charge on any atom is 0.222 e. The van der Waals surface area contributed by atoms with E-state index in [-0.39, 0.29) is 5.91 Å². The molecule has 0 aromatic carbocycles. The average Bonchev–Trinajstić information content (AvgIpc) is 2.93. The Balaban J connectivity index is 1.40. The molecule has 1 aliphatic carbocycles. The number of hydrogen-bond donors (Lipinski definition) is 2. The number of hydrogen-bond acceptors (Lipinski definition) is 3. The van der Waals surface area contributed by atoms with E-state index < -0.39 is 0 Å². The second-order valence-electron chi connectivity index (χ2n) is 4.85. The summed E-state index contributed by atoms with van der Waals surface area (Å²) in [6, 6.07) is 0.470. The van der Waals surface area contributed by atoms with Crippen molar-refractivity contribution < 1.29 is 9.53 Å². The molecule has 0 bridgehead atoms. The Morgan fingerprint density at radius 3 is 2.88 bits per heavy atom. The molecular formula is C12H22N2O2. The lowest BCUT2D eigenvalue weighted by Crippen LogP contribution is -2.26. The fraction of sp³-hybridized carbons (Fsp3) is 0.917. The van der Waals surface area contributed by atoms with Crippen LogP contribution in [0.3, 0.4) is 0 Å². The molecule has 1 saturated heterocycles. The minimum atomic E-state index is 0.144. The van der Waals surface area contributed by atoms with E-state index in [0.717, 1.165) is 44.9 Å². The summed E-state index contributed by atoms with van der Waals surface area (Å²) in [5.41, 5.74) is 0. The van der Waals surface area contributed by atoms with Gasteiger partial charge < -0.3 is 15.4 Å². The highest BCUT2D eigenvalue weighted by molar-refractivity contribution is 5.76. The summed E-state index contributed by atoms with van der Waals surface area (Å²) in [6.07, 6.45) is 5.21. The SMILES string of the molecule is O=C(CCOCCC1CCNC1)NC1CC1. The number of carbonyl (C=O) groups excluding carboxylic acids is 1. The van der Waals surface area contributed by atoms with Crippen molar-refractivity contribution in [3.63, 3.8) is 0 Å². The van der Waals surface area contributed by atoms with E-state index in [1.54, 1.807) is 0 Å². The van der Waals surface area contributed by atoms with Gasteiger partial charge in [-0.2, -0.15) is 0 Å². The van der Waals surface area contributed by atoms with Gasteiger partial charge in [0.15, 0.2) is 0 Å². The van der Waals surface area contributed by atoms with Crippen LogP contribution in [0, 0.1) is 5.92 Å². The lowest BCUT2D eigenvalue weighted by molar-refractivity contribution is -0.122. The predicted molar refractivity (Wildman–Crippen MR) is 62.2 cm³/mol.